The number of carbonyl (C=O) groups excluding carboxylic acids is 1. The van der Waals surface area contributed by atoms with E-state index in [-0.39, 0.29) is 5.97 Å². The molecule has 1 fully saturated rings. The molecular formula is C11H14N2O2. The summed E-state index contributed by atoms with van der Waals surface area (Å²) in [4.78, 5) is 15.6. The van der Waals surface area contributed by atoms with Crippen LogP contribution < -0.4 is 5.73 Å². The first kappa shape index (κ1) is 9.96. The summed E-state index contributed by atoms with van der Waals surface area (Å²) >= 11 is 0. The lowest BCUT2D eigenvalue weighted by Gasteiger charge is -2.06. The predicted molar refractivity (Wildman–Crippen MR) is 56.4 cm³/mol. The summed E-state index contributed by atoms with van der Waals surface area (Å²) in [5, 5.41) is 0. The highest BCUT2D eigenvalue weighted by atomic mass is 16.5. The zero-order valence-corrected chi connectivity index (χ0v) is 8.69. The smallest absolute Gasteiger partial charge is 0.340 e. The normalized spacial score (nSPS) is 15.0. The third kappa shape index (κ3) is 2.46. The first-order valence-electron chi connectivity index (χ1n) is 5.06. The number of carbonyl (C=O) groups is 1. The molecule has 1 aliphatic carbocycles. The molecule has 1 heterocycles. The van der Waals surface area contributed by atoms with Crippen molar-refractivity contribution in [2.24, 2.45) is 5.92 Å². The van der Waals surface area contributed by atoms with Gasteiger partial charge >= 0.3 is 5.97 Å². The number of esters is 1. The number of aryl methyl sites for hydroxylation is 1. The third-order valence-corrected chi connectivity index (χ3v) is 2.48. The Hall–Kier alpha value is -1.58. The number of hydrogen-bond acceptors (Lipinski definition) is 4. The third-order valence-electron chi connectivity index (χ3n) is 2.48. The summed E-state index contributed by atoms with van der Waals surface area (Å²) in [7, 11) is 0. The molecule has 4 nitrogen and oxygen atoms in total. The van der Waals surface area contributed by atoms with Crippen LogP contribution in [0.5, 0.6) is 0 Å². The van der Waals surface area contributed by atoms with E-state index in [1.165, 1.54) is 19.0 Å². The molecule has 1 aromatic rings. The molecule has 0 unspecified atom stereocenters. The maximum Gasteiger partial charge on any atom is 0.340 e. The number of nitrogens with zero attached hydrogens (tertiary/aromatic N) is 1. The maximum absolute atomic E-state index is 11.6. The van der Waals surface area contributed by atoms with Gasteiger partial charge < -0.3 is 10.5 Å². The molecule has 0 bridgehead atoms. The van der Waals surface area contributed by atoms with Crippen LogP contribution in [-0.4, -0.2) is 17.6 Å². The number of anilines is 1. The Kier molecular flexibility index (Phi) is 2.58. The molecule has 0 amide bonds. The molecule has 1 aromatic heterocycles. The van der Waals surface area contributed by atoms with Crippen molar-refractivity contribution in [1.29, 1.82) is 0 Å². The molecule has 0 aliphatic heterocycles. The molecule has 1 aliphatic rings. The van der Waals surface area contributed by atoms with Crippen LogP contribution in [0, 0.1) is 12.8 Å². The Bertz CT molecular complexity index is 386. The van der Waals surface area contributed by atoms with Crippen molar-refractivity contribution in [3.8, 4) is 0 Å². The number of nitrogen functional groups attached to an aromatic ring is 1. The van der Waals surface area contributed by atoms with Crippen molar-refractivity contribution >= 4 is 11.7 Å². The summed E-state index contributed by atoms with van der Waals surface area (Å²) in [6.45, 7) is 2.29. The summed E-state index contributed by atoms with van der Waals surface area (Å²) in [5.74, 6) is 0.252. The number of aromatic nitrogens is 1. The van der Waals surface area contributed by atoms with Crippen LogP contribution in [0.25, 0.3) is 0 Å². The molecule has 0 atom stereocenters. The lowest BCUT2D eigenvalue weighted by Crippen LogP contribution is -2.10. The molecule has 80 valence electrons. The lowest BCUT2D eigenvalue weighted by atomic mass is 10.2. The van der Waals surface area contributed by atoms with Crippen LogP contribution in [0.4, 0.5) is 5.69 Å². The molecule has 0 aromatic carbocycles. The fourth-order valence-corrected chi connectivity index (χ4v) is 1.31. The first-order valence-corrected chi connectivity index (χ1v) is 5.06. The van der Waals surface area contributed by atoms with Gasteiger partial charge in [-0.2, -0.15) is 0 Å². The Morgan fingerprint density at radius 1 is 1.67 bits per heavy atom. The van der Waals surface area contributed by atoms with Crippen LogP contribution in [0.15, 0.2) is 12.3 Å². The van der Waals surface area contributed by atoms with Crippen molar-refractivity contribution in [2.45, 2.75) is 19.8 Å². The van der Waals surface area contributed by atoms with Gasteiger partial charge in [-0.15, -0.1) is 0 Å². The van der Waals surface area contributed by atoms with E-state index in [1.54, 1.807) is 13.0 Å². The average Bonchev–Trinajstić information content (AvgIpc) is 3.02. The number of rotatable bonds is 3. The topological polar surface area (TPSA) is 65.2 Å². The fraction of sp³-hybridized carbons (Fsp3) is 0.455. The van der Waals surface area contributed by atoms with Gasteiger partial charge in [0.05, 0.1) is 29.7 Å². The van der Waals surface area contributed by atoms with Gasteiger partial charge in [0.1, 0.15) is 0 Å². The quantitative estimate of drug-likeness (QED) is 0.762. The first-order chi connectivity index (χ1) is 7.16. The molecule has 0 spiro atoms. The number of ether oxygens (including phenoxy) is 1. The molecule has 0 radical (unpaired) electrons. The maximum atomic E-state index is 11.6. The van der Waals surface area contributed by atoms with Crippen molar-refractivity contribution in [3.63, 3.8) is 0 Å². The lowest BCUT2D eigenvalue weighted by molar-refractivity contribution is 0.0485. The molecule has 0 saturated heterocycles. The predicted octanol–water partition coefficient (Wildman–Crippen LogP) is 1.54. The highest BCUT2D eigenvalue weighted by Gasteiger charge is 2.23. The summed E-state index contributed by atoms with van der Waals surface area (Å²) in [5.41, 5.74) is 7.17. The number of hydrogen-bond donors (Lipinski definition) is 1. The molecule has 2 rings (SSSR count). The van der Waals surface area contributed by atoms with E-state index in [9.17, 15) is 4.79 Å². The van der Waals surface area contributed by atoms with Crippen molar-refractivity contribution in [2.75, 3.05) is 12.3 Å². The Balaban J connectivity index is 2.05. The molecular weight excluding hydrogens is 192 g/mol. The van der Waals surface area contributed by atoms with Gasteiger partial charge in [0.25, 0.3) is 0 Å². The van der Waals surface area contributed by atoms with Gasteiger partial charge in [-0.1, -0.05) is 0 Å². The monoisotopic (exact) mass is 206 g/mol. The van der Waals surface area contributed by atoms with E-state index in [2.05, 4.69) is 4.98 Å². The van der Waals surface area contributed by atoms with Crippen LogP contribution in [-0.2, 0) is 4.74 Å². The summed E-state index contributed by atoms with van der Waals surface area (Å²) in [6, 6.07) is 1.61. The minimum atomic E-state index is -0.320. The van der Waals surface area contributed by atoms with Crippen molar-refractivity contribution in [3.05, 3.63) is 23.5 Å². The summed E-state index contributed by atoms with van der Waals surface area (Å²) in [6.07, 6.45) is 3.87. The van der Waals surface area contributed by atoms with E-state index in [1.807, 2.05) is 0 Å². The Morgan fingerprint density at radius 2 is 2.40 bits per heavy atom. The second-order valence-electron chi connectivity index (χ2n) is 3.94. The molecule has 4 heteroatoms. The average molecular weight is 206 g/mol. The van der Waals surface area contributed by atoms with Gasteiger partial charge in [0, 0.05) is 0 Å². The van der Waals surface area contributed by atoms with Gasteiger partial charge in [0.15, 0.2) is 0 Å². The van der Waals surface area contributed by atoms with Crippen LogP contribution >= 0.6 is 0 Å². The molecule has 1 saturated carbocycles. The van der Waals surface area contributed by atoms with Gasteiger partial charge in [-0.05, 0) is 31.7 Å². The Labute approximate surface area is 88.4 Å². The Morgan fingerprint density at radius 3 is 3.07 bits per heavy atom. The van der Waals surface area contributed by atoms with E-state index in [4.69, 9.17) is 10.5 Å². The highest BCUT2D eigenvalue weighted by molar-refractivity contribution is 5.91. The van der Waals surface area contributed by atoms with E-state index >= 15 is 0 Å². The molecule has 15 heavy (non-hydrogen) atoms. The largest absolute Gasteiger partial charge is 0.462 e. The second kappa shape index (κ2) is 3.88. The molecule has 2 N–H and O–H groups in total. The minimum absolute atomic E-state index is 0.320. The second-order valence-corrected chi connectivity index (χ2v) is 3.94. The van der Waals surface area contributed by atoms with Crippen LogP contribution in [0.2, 0.25) is 0 Å². The standard InChI is InChI=1S/C11H14N2O2/c1-7-10(4-9(12)5-13-7)11(14)15-6-8-2-3-8/h4-5,8H,2-3,6,12H2,1H3. The number of nitrogens with two attached hydrogens (primary N) is 1. The summed E-state index contributed by atoms with van der Waals surface area (Å²) < 4.78 is 5.15. The van der Waals surface area contributed by atoms with Gasteiger partial charge in [-0.25, -0.2) is 4.79 Å². The highest BCUT2D eigenvalue weighted by Crippen LogP contribution is 2.29. The van der Waals surface area contributed by atoms with E-state index in [0.717, 1.165) is 0 Å². The van der Waals surface area contributed by atoms with E-state index in [0.29, 0.717) is 29.5 Å². The fourth-order valence-electron chi connectivity index (χ4n) is 1.31. The van der Waals surface area contributed by atoms with Crippen LogP contribution in [0.1, 0.15) is 28.9 Å². The van der Waals surface area contributed by atoms with E-state index < -0.39 is 0 Å². The zero-order chi connectivity index (χ0) is 10.8. The van der Waals surface area contributed by atoms with Crippen molar-refractivity contribution in [1.82, 2.24) is 4.98 Å². The minimum Gasteiger partial charge on any atom is -0.462 e. The SMILES string of the molecule is Cc1ncc(N)cc1C(=O)OCC1CC1. The van der Waals surface area contributed by atoms with Crippen LogP contribution in [0.3, 0.4) is 0 Å². The van der Waals surface area contributed by atoms with Gasteiger partial charge in [0.2, 0.25) is 0 Å². The van der Waals surface area contributed by atoms with Crippen molar-refractivity contribution < 1.29 is 9.53 Å². The zero-order valence-electron chi connectivity index (χ0n) is 8.69. The van der Waals surface area contributed by atoms with Gasteiger partial charge in [-0.3, -0.25) is 4.98 Å². The number of pyridine rings is 1.